The van der Waals surface area contributed by atoms with Crippen molar-refractivity contribution in [1.82, 2.24) is 5.32 Å². The summed E-state index contributed by atoms with van der Waals surface area (Å²) in [6, 6.07) is -0.871. The van der Waals surface area contributed by atoms with Crippen LogP contribution in [0.2, 0.25) is 0 Å². The van der Waals surface area contributed by atoms with Crippen molar-refractivity contribution in [2.75, 3.05) is 13.7 Å². The first-order chi connectivity index (χ1) is 6.76. The second-order valence-electron chi connectivity index (χ2n) is 4.06. The maximum absolute atomic E-state index is 11.3. The molecule has 0 aromatic rings. The van der Waals surface area contributed by atoms with E-state index in [-0.39, 0.29) is 6.61 Å². The molecule has 0 aliphatic carbocycles. The number of carbonyl (C=O) groups excluding carboxylic acids is 2. The molecular weight excluding hydrogens is 200 g/mol. The standard InChI is InChI=1S/C9H18N2O4/c1-9(2,3)15-8(13)11-6(5-14-4)7(10)12/h6H,5H2,1-4H3,(H2,10,12)(H,11,13). The Hall–Kier alpha value is -1.30. The molecule has 2 amide bonds. The summed E-state index contributed by atoms with van der Waals surface area (Å²) in [5.74, 6) is -0.664. The summed E-state index contributed by atoms with van der Waals surface area (Å²) in [5.41, 5.74) is 4.43. The first-order valence-electron chi connectivity index (χ1n) is 4.54. The van der Waals surface area contributed by atoms with Crippen molar-refractivity contribution < 1.29 is 19.1 Å². The molecule has 0 radical (unpaired) electrons. The first-order valence-corrected chi connectivity index (χ1v) is 4.54. The Balaban J connectivity index is 4.18. The fourth-order valence-electron chi connectivity index (χ4n) is 0.811. The molecule has 0 aromatic heterocycles. The number of nitrogens with one attached hydrogen (secondary N) is 1. The molecule has 0 aromatic carbocycles. The summed E-state index contributed by atoms with van der Waals surface area (Å²) in [5, 5.41) is 2.31. The third-order valence-corrected chi connectivity index (χ3v) is 1.37. The van der Waals surface area contributed by atoms with Gasteiger partial charge in [0.1, 0.15) is 11.6 Å². The number of amides is 2. The van der Waals surface area contributed by atoms with Gasteiger partial charge in [-0.15, -0.1) is 0 Å². The summed E-state index contributed by atoms with van der Waals surface area (Å²) in [4.78, 5) is 22.1. The van der Waals surface area contributed by atoms with Crippen molar-refractivity contribution in [3.63, 3.8) is 0 Å². The minimum Gasteiger partial charge on any atom is -0.444 e. The molecule has 1 atom stereocenters. The van der Waals surface area contributed by atoms with Gasteiger partial charge in [-0.3, -0.25) is 4.79 Å². The molecule has 0 spiro atoms. The lowest BCUT2D eigenvalue weighted by Gasteiger charge is -2.21. The summed E-state index contributed by atoms with van der Waals surface area (Å²) >= 11 is 0. The Kier molecular flexibility index (Phi) is 5.07. The molecule has 0 saturated heterocycles. The highest BCUT2D eigenvalue weighted by atomic mass is 16.6. The van der Waals surface area contributed by atoms with Gasteiger partial charge in [0.25, 0.3) is 0 Å². The molecule has 6 nitrogen and oxygen atoms in total. The number of carbonyl (C=O) groups is 2. The highest BCUT2D eigenvalue weighted by Crippen LogP contribution is 2.06. The van der Waals surface area contributed by atoms with Crippen molar-refractivity contribution in [3.05, 3.63) is 0 Å². The summed E-state index contributed by atoms with van der Waals surface area (Å²) < 4.78 is 9.68. The molecule has 0 fully saturated rings. The van der Waals surface area contributed by atoms with Gasteiger partial charge < -0.3 is 20.5 Å². The van der Waals surface area contributed by atoms with Crippen LogP contribution in [0, 0.1) is 0 Å². The summed E-state index contributed by atoms with van der Waals surface area (Å²) in [6.45, 7) is 5.20. The zero-order valence-electron chi connectivity index (χ0n) is 9.49. The number of hydrogen-bond acceptors (Lipinski definition) is 4. The molecule has 0 aliphatic rings. The van der Waals surface area contributed by atoms with Gasteiger partial charge in [-0.1, -0.05) is 0 Å². The van der Waals surface area contributed by atoms with E-state index in [0.29, 0.717) is 0 Å². The normalized spacial score (nSPS) is 13.1. The van der Waals surface area contributed by atoms with Crippen LogP contribution in [0.4, 0.5) is 4.79 Å². The highest BCUT2D eigenvalue weighted by molar-refractivity contribution is 5.84. The van der Waals surface area contributed by atoms with E-state index in [0.717, 1.165) is 0 Å². The van der Waals surface area contributed by atoms with E-state index >= 15 is 0 Å². The second-order valence-corrected chi connectivity index (χ2v) is 4.06. The van der Waals surface area contributed by atoms with Crippen LogP contribution in [-0.4, -0.2) is 37.4 Å². The van der Waals surface area contributed by atoms with Crippen molar-refractivity contribution in [2.45, 2.75) is 32.4 Å². The Labute approximate surface area is 89.1 Å². The van der Waals surface area contributed by atoms with Crippen LogP contribution in [0.5, 0.6) is 0 Å². The highest BCUT2D eigenvalue weighted by Gasteiger charge is 2.22. The number of hydrogen-bond donors (Lipinski definition) is 2. The molecule has 15 heavy (non-hydrogen) atoms. The third-order valence-electron chi connectivity index (χ3n) is 1.37. The number of methoxy groups -OCH3 is 1. The molecule has 0 rings (SSSR count). The molecular formula is C9H18N2O4. The molecule has 3 N–H and O–H groups in total. The van der Waals surface area contributed by atoms with Gasteiger partial charge in [0, 0.05) is 7.11 Å². The number of ether oxygens (including phenoxy) is 2. The Morgan fingerprint density at radius 3 is 2.27 bits per heavy atom. The summed E-state index contributed by atoms with van der Waals surface area (Å²) in [6.07, 6.45) is -0.691. The molecule has 6 heteroatoms. The van der Waals surface area contributed by atoms with E-state index in [4.69, 9.17) is 15.2 Å². The SMILES string of the molecule is COCC(NC(=O)OC(C)(C)C)C(N)=O. The van der Waals surface area contributed by atoms with Gasteiger partial charge in [-0.2, -0.15) is 0 Å². The first kappa shape index (κ1) is 13.7. The molecule has 88 valence electrons. The van der Waals surface area contributed by atoms with Gasteiger partial charge in [-0.05, 0) is 20.8 Å². The third kappa shape index (κ3) is 6.73. The predicted molar refractivity (Wildman–Crippen MR) is 54.2 cm³/mol. The lowest BCUT2D eigenvalue weighted by atomic mass is 10.2. The van der Waals surface area contributed by atoms with Gasteiger partial charge in [0.2, 0.25) is 5.91 Å². The monoisotopic (exact) mass is 218 g/mol. The van der Waals surface area contributed by atoms with Gasteiger partial charge in [0.15, 0.2) is 0 Å². The fourth-order valence-corrected chi connectivity index (χ4v) is 0.811. The Morgan fingerprint density at radius 2 is 1.93 bits per heavy atom. The van der Waals surface area contributed by atoms with E-state index < -0.39 is 23.6 Å². The smallest absolute Gasteiger partial charge is 0.408 e. The number of rotatable bonds is 4. The predicted octanol–water partition coefficient (Wildman–Crippen LogP) is 0.0114. The average Bonchev–Trinajstić information content (AvgIpc) is 1.99. The molecule has 1 unspecified atom stereocenters. The van der Waals surface area contributed by atoms with Crippen molar-refractivity contribution in [3.8, 4) is 0 Å². The number of primary amides is 1. The van der Waals surface area contributed by atoms with E-state index in [1.165, 1.54) is 7.11 Å². The minimum atomic E-state index is -0.871. The topological polar surface area (TPSA) is 90.7 Å². The van der Waals surface area contributed by atoms with Crippen LogP contribution in [0.3, 0.4) is 0 Å². The van der Waals surface area contributed by atoms with Crippen molar-refractivity contribution in [2.24, 2.45) is 5.73 Å². The van der Waals surface area contributed by atoms with Crippen LogP contribution >= 0.6 is 0 Å². The molecule has 0 aliphatic heterocycles. The summed E-state index contributed by atoms with van der Waals surface area (Å²) in [7, 11) is 1.41. The zero-order valence-corrected chi connectivity index (χ0v) is 9.49. The zero-order chi connectivity index (χ0) is 12.1. The quantitative estimate of drug-likeness (QED) is 0.695. The fraction of sp³-hybridized carbons (Fsp3) is 0.778. The molecule has 0 bridgehead atoms. The van der Waals surface area contributed by atoms with E-state index in [9.17, 15) is 9.59 Å². The Bertz CT molecular complexity index is 235. The van der Waals surface area contributed by atoms with Crippen LogP contribution < -0.4 is 11.1 Å². The lowest BCUT2D eigenvalue weighted by molar-refractivity contribution is -0.121. The van der Waals surface area contributed by atoms with Crippen LogP contribution in [0.15, 0.2) is 0 Å². The van der Waals surface area contributed by atoms with Gasteiger partial charge in [0.05, 0.1) is 6.61 Å². The minimum absolute atomic E-state index is 0.0224. The lowest BCUT2D eigenvalue weighted by Crippen LogP contribution is -2.48. The van der Waals surface area contributed by atoms with Crippen molar-refractivity contribution in [1.29, 1.82) is 0 Å². The largest absolute Gasteiger partial charge is 0.444 e. The van der Waals surface area contributed by atoms with Gasteiger partial charge >= 0.3 is 6.09 Å². The number of nitrogens with two attached hydrogens (primary N) is 1. The van der Waals surface area contributed by atoms with Crippen LogP contribution in [0.25, 0.3) is 0 Å². The van der Waals surface area contributed by atoms with Crippen LogP contribution in [-0.2, 0) is 14.3 Å². The van der Waals surface area contributed by atoms with E-state index in [2.05, 4.69) is 5.32 Å². The average molecular weight is 218 g/mol. The van der Waals surface area contributed by atoms with Crippen LogP contribution in [0.1, 0.15) is 20.8 Å². The Morgan fingerprint density at radius 1 is 1.40 bits per heavy atom. The van der Waals surface area contributed by atoms with Gasteiger partial charge in [-0.25, -0.2) is 4.79 Å². The molecule has 0 heterocycles. The maximum atomic E-state index is 11.3. The number of alkyl carbamates (subject to hydrolysis) is 1. The van der Waals surface area contributed by atoms with E-state index in [1.807, 2.05) is 0 Å². The molecule has 0 saturated carbocycles. The van der Waals surface area contributed by atoms with Crippen molar-refractivity contribution >= 4 is 12.0 Å². The van der Waals surface area contributed by atoms with E-state index in [1.54, 1.807) is 20.8 Å². The second kappa shape index (κ2) is 5.55. The maximum Gasteiger partial charge on any atom is 0.408 e.